The fraction of sp³-hybridized carbons (Fsp3) is 0.643. The predicted molar refractivity (Wildman–Crippen MR) is 74.9 cm³/mol. The number of aromatic carboxylic acids is 1. The number of ether oxygens (including phenoxy) is 1. The van der Waals surface area contributed by atoms with Crippen LogP contribution in [0.25, 0.3) is 0 Å². The third kappa shape index (κ3) is 3.41. The van der Waals surface area contributed by atoms with E-state index in [2.05, 4.69) is 10.3 Å². The maximum Gasteiger partial charge on any atom is 0.356 e. The van der Waals surface area contributed by atoms with Gasteiger partial charge in [-0.15, -0.1) is 0 Å². The van der Waals surface area contributed by atoms with E-state index in [9.17, 15) is 9.59 Å². The van der Waals surface area contributed by atoms with Crippen molar-refractivity contribution in [3.8, 4) is 0 Å². The fourth-order valence-electron chi connectivity index (χ4n) is 2.74. The summed E-state index contributed by atoms with van der Waals surface area (Å²) in [6.07, 6.45) is 2.90. The normalized spacial score (nSPS) is 28.5. The second-order valence-electron chi connectivity index (χ2n) is 5.52. The van der Waals surface area contributed by atoms with Crippen molar-refractivity contribution >= 4 is 11.9 Å². The summed E-state index contributed by atoms with van der Waals surface area (Å²) >= 11 is 0. The van der Waals surface area contributed by atoms with Gasteiger partial charge in [0.25, 0.3) is 0 Å². The fourth-order valence-corrected chi connectivity index (χ4v) is 2.74. The predicted octanol–water partition coefficient (Wildman–Crippen LogP) is 0.757. The second kappa shape index (κ2) is 6.26. The van der Waals surface area contributed by atoms with E-state index in [0.717, 1.165) is 0 Å². The number of amides is 1. The van der Waals surface area contributed by atoms with Crippen molar-refractivity contribution in [2.24, 2.45) is 11.8 Å². The Balaban J connectivity index is 1.82. The molecule has 116 valence electrons. The highest BCUT2D eigenvalue weighted by molar-refractivity contribution is 5.84. The summed E-state index contributed by atoms with van der Waals surface area (Å²) in [6, 6.07) is 0. The molecular formula is C14H21N3O4. The Morgan fingerprint density at radius 2 is 2.10 bits per heavy atom. The maximum atomic E-state index is 12.2. The van der Waals surface area contributed by atoms with E-state index >= 15 is 0 Å². The van der Waals surface area contributed by atoms with Gasteiger partial charge in [-0.3, -0.25) is 4.79 Å². The van der Waals surface area contributed by atoms with Crippen LogP contribution in [0.2, 0.25) is 0 Å². The second-order valence-corrected chi connectivity index (χ2v) is 5.52. The van der Waals surface area contributed by atoms with Crippen LogP contribution >= 0.6 is 0 Å². The van der Waals surface area contributed by atoms with Crippen LogP contribution in [-0.4, -0.2) is 45.3 Å². The van der Waals surface area contributed by atoms with Crippen molar-refractivity contribution in [2.75, 3.05) is 6.54 Å². The summed E-state index contributed by atoms with van der Waals surface area (Å²) in [7, 11) is 0. The topological polar surface area (TPSA) is 93.5 Å². The summed E-state index contributed by atoms with van der Waals surface area (Å²) < 4.78 is 7.30. The molecule has 4 unspecified atom stereocenters. The van der Waals surface area contributed by atoms with Gasteiger partial charge in [0.05, 0.1) is 24.5 Å². The van der Waals surface area contributed by atoms with E-state index < -0.39 is 5.97 Å². The Hall–Kier alpha value is -1.89. The van der Waals surface area contributed by atoms with Crippen LogP contribution in [0.5, 0.6) is 0 Å². The lowest BCUT2D eigenvalue weighted by atomic mass is 9.89. The van der Waals surface area contributed by atoms with Crippen molar-refractivity contribution in [3.63, 3.8) is 0 Å². The van der Waals surface area contributed by atoms with Crippen molar-refractivity contribution in [1.82, 2.24) is 14.9 Å². The monoisotopic (exact) mass is 295 g/mol. The van der Waals surface area contributed by atoms with E-state index in [0.29, 0.717) is 13.1 Å². The van der Waals surface area contributed by atoms with Crippen molar-refractivity contribution in [3.05, 3.63) is 18.2 Å². The highest BCUT2D eigenvalue weighted by atomic mass is 16.5. The molecule has 21 heavy (non-hydrogen) atoms. The van der Waals surface area contributed by atoms with Gasteiger partial charge in [-0.1, -0.05) is 6.92 Å². The average Bonchev–Trinajstić information content (AvgIpc) is 2.96. The Kier molecular flexibility index (Phi) is 4.62. The number of carbonyl (C=O) groups excluding carboxylic acids is 1. The summed E-state index contributed by atoms with van der Waals surface area (Å²) in [5, 5.41) is 11.7. The number of hydrogen-bond donors (Lipinski definition) is 2. The van der Waals surface area contributed by atoms with Gasteiger partial charge in [0.2, 0.25) is 5.91 Å². The molecule has 1 aliphatic heterocycles. The Morgan fingerprint density at radius 3 is 2.62 bits per heavy atom. The molecule has 0 aromatic carbocycles. The molecule has 7 heteroatoms. The minimum atomic E-state index is -1.06. The molecule has 0 bridgehead atoms. The van der Waals surface area contributed by atoms with Gasteiger partial charge in [-0.25, -0.2) is 9.78 Å². The lowest BCUT2D eigenvalue weighted by Crippen LogP contribution is -2.38. The molecule has 7 nitrogen and oxygen atoms in total. The molecule has 0 radical (unpaired) electrons. The molecular weight excluding hydrogens is 274 g/mol. The zero-order valence-electron chi connectivity index (χ0n) is 12.4. The van der Waals surface area contributed by atoms with Crippen LogP contribution in [0.1, 0.15) is 31.3 Å². The largest absolute Gasteiger partial charge is 0.476 e. The summed E-state index contributed by atoms with van der Waals surface area (Å²) in [4.78, 5) is 26.7. The first-order chi connectivity index (χ1) is 9.90. The number of nitrogens with one attached hydrogen (secondary N) is 1. The molecule has 1 aliphatic rings. The lowest BCUT2D eigenvalue weighted by Gasteiger charge is -2.18. The molecule has 0 saturated carbocycles. The molecule has 2 N–H and O–H groups in total. The summed E-state index contributed by atoms with van der Waals surface area (Å²) in [6.45, 7) is 6.83. The van der Waals surface area contributed by atoms with E-state index in [1.54, 1.807) is 4.57 Å². The van der Waals surface area contributed by atoms with Crippen molar-refractivity contribution < 1.29 is 19.4 Å². The van der Waals surface area contributed by atoms with E-state index in [-0.39, 0.29) is 35.6 Å². The summed E-state index contributed by atoms with van der Waals surface area (Å²) in [5.41, 5.74) is 0.00147. The number of nitrogens with zero attached hydrogens (tertiary/aromatic N) is 2. The van der Waals surface area contributed by atoms with Crippen molar-refractivity contribution in [2.45, 2.75) is 39.5 Å². The number of carboxylic acid groups (broad SMARTS) is 1. The van der Waals surface area contributed by atoms with Gasteiger partial charge in [-0.2, -0.15) is 0 Å². The van der Waals surface area contributed by atoms with Crippen LogP contribution < -0.4 is 5.32 Å². The molecule has 2 heterocycles. The van der Waals surface area contributed by atoms with Gasteiger partial charge in [0.15, 0.2) is 5.69 Å². The maximum absolute atomic E-state index is 12.2. The molecule has 1 saturated heterocycles. The molecule has 1 amide bonds. The number of carbonyl (C=O) groups is 2. The number of aromatic nitrogens is 2. The third-order valence-corrected chi connectivity index (χ3v) is 4.07. The van der Waals surface area contributed by atoms with Gasteiger partial charge in [0.1, 0.15) is 0 Å². The molecule has 1 aromatic heterocycles. The molecule has 0 aliphatic carbocycles. The highest BCUT2D eigenvalue weighted by Crippen LogP contribution is 2.32. The summed E-state index contributed by atoms with van der Waals surface area (Å²) in [5.74, 6) is -1.03. The first kappa shape index (κ1) is 15.5. The number of imidazole rings is 1. The van der Waals surface area contributed by atoms with Gasteiger partial charge in [0, 0.05) is 19.3 Å². The number of hydrogen-bond acceptors (Lipinski definition) is 4. The van der Waals surface area contributed by atoms with Crippen LogP contribution in [0.4, 0.5) is 0 Å². The quantitative estimate of drug-likeness (QED) is 0.836. The SMILES string of the molecule is CC1OC(C)C(C(=O)NCCn2cnc(C(=O)O)c2)C1C. The Bertz CT molecular complexity index is 528. The minimum absolute atomic E-state index is 0.00147. The zero-order chi connectivity index (χ0) is 15.6. The highest BCUT2D eigenvalue weighted by Gasteiger charge is 2.41. The van der Waals surface area contributed by atoms with E-state index in [1.165, 1.54) is 12.5 Å². The first-order valence-electron chi connectivity index (χ1n) is 7.08. The molecule has 2 rings (SSSR count). The molecule has 1 aromatic rings. The van der Waals surface area contributed by atoms with Crippen molar-refractivity contribution in [1.29, 1.82) is 0 Å². The minimum Gasteiger partial charge on any atom is -0.476 e. The first-order valence-corrected chi connectivity index (χ1v) is 7.08. The molecule has 4 atom stereocenters. The van der Waals surface area contributed by atoms with E-state index in [1.807, 2.05) is 20.8 Å². The van der Waals surface area contributed by atoms with Crippen LogP contribution in [0, 0.1) is 11.8 Å². The number of rotatable bonds is 5. The lowest BCUT2D eigenvalue weighted by molar-refractivity contribution is -0.127. The Morgan fingerprint density at radius 1 is 1.38 bits per heavy atom. The zero-order valence-corrected chi connectivity index (χ0v) is 12.4. The standard InChI is InChI=1S/C14H21N3O4/c1-8-9(2)21-10(3)12(8)13(18)15-4-5-17-6-11(14(19)20)16-7-17/h6-10,12H,4-5H2,1-3H3,(H,15,18)(H,19,20). The van der Waals surface area contributed by atoms with Gasteiger partial charge >= 0.3 is 5.97 Å². The van der Waals surface area contributed by atoms with Crippen LogP contribution in [-0.2, 0) is 16.1 Å². The molecule has 1 fully saturated rings. The smallest absolute Gasteiger partial charge is 0.356 e. The van der Waals surface area contributed by atoms with E-state index in [4.69, 9.17) is 9.84 Å². The van der Waals surface area contributed by atoms with Crippen LogP contribution in [0.3, 0.4) is 0 Å². The number of carboxylic acids is 1. The van der Waals surface area contributed by atoms with Gasteiger partial charge < -0.3 is 19.7 Å². The van der Waals surface area contributed by atoms with Gasteiger partial charge in [-0.05, 0) is 19.8 Å². The molecule has 0 spiro atoms. The third-order valence-electron chi connectivity index (χ3n) is 4.07. The average molecular weight is 295 g/mol. The Labute approximate surface area is 123 Å². The van der Waals surface area contributed by atoms with Crippen LogP contribution in [0.15, 0.2) is 12.5 Å².